The lowest BCUT2D eigenvalue weighted by molar-refractivity contribution is 0.0534. The number of fused-ring (bicyclic) bond motifs is 2. The highest BCUT2D eigenvalue weighted by Gasteiger charge is 2.26. The number of methoxy groups -OCH3 is 2. The van der Waals surface area contributed by atoms with Gasteiger partial charge in [0, 0.05) is 10.9 Å². The average molecular weight is 260 g/mol. The van der Waals surface area contributed by atoms with Gasteiger partial charge in [-0.1, -0.05) is 0 Å². The fourth-order valence-electron chi connectivity index (χ4n) is 2.30. The molecule has 5 heteroatoms. The van der Waals surface area contributed by atoms with Gasteiger partial charge in [-0.2, -0.15) is 0 Å². The van der Waals surface area contributed by atoms with Crippen molar-refractivity contribution in [2.24, 2.45) is 0 Å². The standard InChI is InChI=1S/C14H12O5/c1-17-11-4-7-3-9-10(6-19-14(9)16)13(15)8(7)5-12(11)18-2/h3-5,15H,6H2,1-2H3. The number of ether oxygens (including phenoxy) is 3. The molecule has 2 aromatic carbocycles. The molecule has 0 saturated carbocycles. The monoisotopic (exact) mass is 260 g/mol. The van der Waals surface area contributed by atoms with Gasteiger partial charge in [0.15, 0.2) is 11.5 Å². The Bertz CT molecular complexity index is 690. The molecular formula is C14H12O5. The molecule has 1 N–H and O–H groups in total. The van der Waals surface area contributed by atoms with E-state index in [-0.39, 0.29) is 12.4 Å². The molecule has 0 fully saturated rings. The van der Waals surface area contributed by atoms with Gasteiger partial charge in [0.2, 0.25) is 0 Å². The molecule has 1 aliphatic heterocycles. The highest BCUT2D eigenvalue weighted by molar-refractivity contribution is 6.03. The molecule has 0 bridgehead atoms. The molecule has 0 aliphatic carbocycles. The van der Waals surface area contributed by atoms with Gasteiger partial charge in [-0.05, 0) is 23.6 Å². The predicted molar refractivity (Wildman–Crippen MR) is 67.8 cm³/mol. The molecule has 1 heterocycles. The number of hydrogen-bond acceptors (Lipinski definition) is 5. The van der Waals surface area contributed by atoms with Crippen LogP contribution >= 0.6 is 0 Å². The highest BCUT2D eigenvalue weighted by atomic mass is 16.5. The van der Waals surface area contributed by atoms with Crippen LogP contribution in [0, 0.1) is 0 Å². The van der Waals surface area contributed by atoms with E-state index in [9.17, 15) is 9.90 Å². The van der Waals surface area contributed by atoms with Gasteiger partial charge in [-0.3, -0.25) is 0 Å². The van der Waals surface area contributed by atoms with Crippen LogP contribution in [0.25, 0.3) is 10.8 Å². The third-order valence-corrected chi connectivity index (χ3v) is 3.29. The first kappa shape index (κ1) is 11.6. The van der Waals surface area contributed by atoms with Gasteiger partial charge in [0.25, 0.3) is 0 Å². The molecule has 0 amide bonds. The minimum atomic E-state index is -0.415. The third-order valence-electron chi connectivity index (χ3n) is 3.29. The molecular weight excluding hydrogens is 248 g/mol. The number of carbonyl (C=O) groups excluding carboxylic acids is 1. The molecule has 1 aliphatic rings. The fraction of sp³-hybridized carbons (Fsp3) is 0.214. The second kappa shape index (κ2) is 4.05. The molecule has 0 saturated heterocycles. The Labute approximate surface area is 109 Å². The van der Waals surface area contributed by atoms with Gasteiger partial charge in [-0.25, -0.2) is 4.79 Å². The summed E-state index contributed by atoms with van der Waals surface area (Å²) in [5.74, 6) is 0.706. The second-order valence-electron chi connectivity index (χ2n) is 4.26. The van der Waals surface area contributed by atoms with Crippen LogP contribution in [0.15, 0.2) is 18.2 Å². The Morgan fingerprint density at radius 3 is 2.53 bits per heavy atom. The van der Waals surface area contributed by atoms with E-state index in [1.165, 1.54) is 14.2 Å². The number of phenolic OH excluding ortho intramolecular Hbond substituents is 1. The number of carbonyl (C=O) groups is 1. The molecule has 98 valence electrons. The first-order chi connectivity index (χ1) is 9.15. The Kier molecular flexibility index (Phi) is 2.48. The number of cyclic esters (lactones) is 1. The van der Waals surface area contributed by atoms with Gasteiger partial charge >= 0.3 is 5.97 Å². The average Bonchev–Trinajstić information content (AvgIpc) is 2.79. The number of rotatable bonds is 2. The SMILES string of the molecule is COc1cc2cc3c(c(O)c2cc1OC)COC3=O. The number of aromatic hydroxyl groups is 1. The van der Waals surface area contributed by atoms with Crippen molar-refractivity contribution < 1.29 is 24.1 Å². The van der Waals surface area contributed by atoms with Gasteiger partial charge in [0.05, 0.1) is 19.8 Å². The maximum atomic E-state index is 11.5. The third kappa shape index (κ3) is 1.58. The summed E-state index contributed by atoms with van der Waals surface area (Å²) in [5.41, 5.74) is 0.918. The summed E-state index contributed by atoms with van der Waals surface area (Å²) >= 11 is 0. The van der Waals surface area contributed by atoms with E-state index < -0.39 is 5.97 Å². The summed E-state index contributed by atoms with van der Waals surface area (Å²) in [6.07, 6.45) is 0. The van der Waals surface area contributed by atoms with E-state index in [2.05, 4.69) is 0 Å². The molecule has 0 unspecified atom stereocenters. The Hall–Kier alpha value is -2.43. The van der Waals surface area contributed by atoms with E-state index in [4.69, 9.17) is 14.2 Å². The summed E-state index contributed by atoms with van der Waals surface area (Å²) in [6, 6.07) is 5.11. The fourth-order valence-corrected chi connectivity index (χ4v) is 2.30. The normalized spacial score (nSPS) is 13.3. The van der Waals surface area contributed by atoms with E-state index in [1.807, 2.05) is 0 Å². The van der Waals surface area contributed by atoms with Crippen LogP contribution in [0.5, 0.6) is 17.2 Å². The van der Waals surface area contributed by atoms with Crippen molar-refractivity contribution >= 4 is 16.7 Å². The highest BCUT2D eigenvalue weighted by Crippen LogP contribution is 2.40. The molecule has 2 aromatic rings. The topological polar surface area (TPSA) is 65.0 Å². The first-order valence-electron chi connectivity index (χ1n) is 5.73. The van der Waals surface area contributed by atoms with Crippen molar-refractivity contribution in [2.75, 3.05) is 14.2 Å². The van der Waals surface area contributed by atoms with Crippen LogP contribution in [0.4, 0.5) is 0 Å². The minimum Gasteiger partial charge on any atom is -0.507 e. The van der Waals surface area contributed by atoms with Crippen LogP contribution in [0.2, 0.25) is 0 Å². The van der Waals surface area contributed by atoms with Crippen molar-refractivity contribution in [1.29, 1.82) is 0 Å². The number of phenols is 1. The smallest absolute Gasteiger partial charge is 0.339 e. The number of hydrogen-bond donors (Lipinski definition) is 1. The number of esters is 1. The van der Waals surface area contributed by atoms with E-state index >= 15 is 0 Å². The molecule has 3 rings (SSSR count). The molecule has 0 radical (unpaired) electrons. The van der Waals surface area contributed by atoms with Crippen LogP contribution < -0.4 is 9.47 Å². The van der Waals surface area contributed by atoms with Gasteiger partial charge in [0.1, 0.15) is 12.4 Å². The zero-order chi connectivity index (χ0) is 13.6. The van der Waals surface area contributed by atoms with E-state index in [1.54, 1.807) is 18.2 Å². The Balaban J connectivity index is 2.35. The molecule has 0 aromatic heterocycles. The summed E-state index contributed by atoms with van der Waals surface area (Å²) in [4.78, 5) is 11.5. The molecule has 19 heavy (non-hydrogen) atoms. The van der Waals surface area contributed by atoms with Crippen LogP contribution in [-0.2, 0) is 11.3 Å². The van der Waals surface area contributed by atoms with E-state index in [0.29, 0.717) is 33.4 Å². The Morgan fingerprint density at radius 1 is 1.16 bits per heavy atom. The summed E-state index contributed by atoms with van der Waals surface area (Å²) in [7, 11) is 3.06. The summed E-state index contributed by atoms with van der Waals surface area (Å²) in [6.45, 7) is 0.101. The lowest BCUT2D eigenvalue weighted by Gasteiger charge is -2.11. The summed E-state index contributed by atoms with van der Waals surface area (Å²) in [5, 5.41) is 11.6. The van der Waals surface area contributed by atoms with Crippen molar-refractivity contribution in [3.8, 4) is 17.2 Å². The zero-order valence-corrected chi connectivity index (χ0v) is 10.5. The quantitative estimate of drug-likeness (QED) is 0.839. The van der Waals surface area contributed by atoms with E-state index in [0.717, 1.165) is 0 Å². The van der Waals surface area contributed by atoms with Gasteiger partial charge in [-0.15, -0.1) is 0 Å². The Morgan fingerprint density at radius 2 is 1.84 bits per heavy atom. The molecule has 0 spiro atoms. The zero-order valence-electron chi connectivity index (χ0n) is 10.5. The van der Waals surface area contributed by atoms with Crippen molar-refractivity contribution in [3.63, 3.8) is 0 Å². The number of benzene rings is 2. The summed E-state index contributed by atoms with van der Waals surface area (Å²) < 4.78 is 15.3. The predicted octanol–water partition coefficient (Wildman–Crippen LogP) is 2.23. The van der Waals surface area contributed by atoms with Crippen molar-refractivity contribution in [1.82, 2.24) is 0 Å². The lowest BCUT2D eigenvalue weighted by atomic mass is 10.0. The maximum absolute atomic E-state index is 11.5. The molecule has 0 atom stereocenters. The van der Waals surface area contributed by atoms with Crippen LogP contribution in [-0.4, -0.2) is 25.3 Å². The molecule has 5 nitrogen and oxygen atoms in total. The first-order valence-corrected chi connectivity index (χ1v) is 5.73. The van der Waals surface area contributed by atoms with Crippen LogP contribution in [0.3, 0.4) is 0 Å². The van der Waals surface area contributed by atoms with Crippen LogP contribution in [0.1, 0.15) is 15.9 Å². The largest absolute Gasteiger partial charge is 0.507 e. The van der Waals surface area contributed by atoms with Crippen molar-refractivity contribution in [2.45, 2.75) is 6.61 Å². The maximum Gasteiger partial charge on any atom is 0.339 e. The second-order valence-corrected chi connectivity index (χ2v) is 4.26. The van der Waals surface area contributed by atoms with Gasteiger partial charge < -0.3 is 19.3 Å². The minimum absolute atomic E-state index is 0.0549. The lowest BCUT2D eigenvalue weighted by Crippen LogP contribution is -1.95. The van der Waals surface area contributed by atoms with Crippen molar-refractivity contribution in [3.05, 3.63) is 29.3 Å².